The molecule has 126 valence electrons. The Balaban J connectivity index is 0.00000441. The summed E-state index contributed by atoms with van der Waals surface area (Å²) in [7, 11) is 0. The smallest absolute Gasteiger partial charge is 0.191 e. The largest absolute Gasteiger partial charge is 0.357 e. The molecule has 0 spiro atoms. The highest BCUT2D eigenvalue weighted by Crippen LogP contribution is 2.09. The number of nitrogens with zero attached hydrogens (tertiary/aromatic N) is 2. The number of rotatable bonds is 8. The van der Waals surface area contributed by atoms with Crippen molar-refractivity contribution in [2.24, 2.45) is 4.99 Å². The third-order valence-electron chi connectivity index (χ3n) is 3.40. The predicted octanol–water partition coefficient (Wildman–Crippen LogP) is 3.22. The lowest BCUT2D eigenvalue weighted by atomic mass is 10.1. The second kappa shape index (κ2) is 12.7. The van der Waals surface area contributed by atoms with Crippen molar-refractivity contribution in [2.45, 2.75) is 40.8 Å². The van der Waals surface area contributed by atoms with Crippen molar-refractivity contribution in [3.8, 4) is 0 Å². The first-order valence-electron chi connectivity index (χ1n) is 8.05. The minimum absolute atomic E-state index is 0. The van der Waals surface area contributed by atoms with Gasteiger partial charge in [0.1, 0.15) is 0 Å². The van der Waals surface area contributed by atoms with E-state index in [0.29, 0.717) is 6.54 Å². The molecule has 0 aliphatic rings. The highest BCUT2D eigenvalue weighted by molar-refractivity contribution is 14.0. The van der Waals surface area contributed by atoms with Crippen molar-refractivity contribution in [3.63, 3.8) is 0 Å². The standard InChI is InChI=1S/C17H30N4.HI/c1-5-18-17(19-6-2)20-13-15-10-9-11-16(12-15)14-21(7-3)8-4;/h9-12H,5-8,13-14H2,1-4H3,(H2,18,19,20);1H. The van der Waals surface area contributed by atoms with E-state index in [1.165, 1.54) is 11.1 Å². The molecule has 22 heavy (non-hydrogen) atoms. The molecular formula is C17H31IN4. The van der Waals surface area contributed by atoms with Gasteiger partial charge >= 0.3 is 0 Å². The van der Waals surface area contributed by atoms with Crippen molar-refractivity contribution in [3.05, 3.63) is 35.4 Å². The first-order chi connectivity index (χ1) is 10.2. The van der Waals surface area contributed by atoms with E-state index in [-0.39, 0.29) is 24.0 Å². The normalized spacial score (nSPS) is 10.0. The summed E-state index contributed by atoms with van der Waals surface area (Å²) in [6, 6.07) is 8.73. The number of guanidine groups is 1. The van der Waals surface area contributed by atoms with E-state index in [0.717, 1.165) is 38.7 Å². The summed E-state index contributed by atoms with van der Waals surface area (Å²) >= 11 is 0. The highest BCUT2D eigenvalue weighted by atomic mass is 127. The van der Waals surface area contributed by atoms with Crippen LogP contribution in [0.5, 0.6) is 0 Å². The first kappa shape index (κ1) is 21.2. The number of benzene rings is 1. The van der Waals surface area contributed by atoms with Crippen molar-refractivity contribution >= 4 is 29.9 Å². The summed E-state index contributed by atoms with van der Waals surface area (Å²) < 4.78 is 0. The van der Waals surface area contributed by atoms with E-state index in [9.17, 15) is 0 Å². The fourth-order valence-corrected chi connectivity index (χ4v) is 2.21. The quantitative estimate of drug-likeness (QED) is 0.387. The SMILES string of the molecule is CCNC(=NCc1cccc(CN(CC)CC)c1)NCC.I. The van der Waals surface area contributed by atoms with Crippen molar-refractivity contribution < 1.29 is 0 Å². The average molecular weight is 418 g/mol. The van der Waals surface area contributed by atoms with Gasteiger partial charge in [-0.25, -0.2) is 4.99 Å². The third-order valence-corrected chi connectivity index (χ3v) is 3.40. The Hall–Kier alpha value is -0.820. The minimum atomic E-state index is 0. The Bertz CT molecular complexity index is 422. The zero-order valence-electron chi connectivity index (χ0n) is 14.4. The molecule has 0 aliphatic heterocycles. The molecule has 0 atom stereocenters. The zero-order chi connectivity index (χ0) is 15.5. The molecule has 0 radical (unpaired) electrons. The van der Waals surface area contributed by atoms with Gasteiger partial charge in [0.05, 0.1) is 6.54 Å². The van der Waals surface area contributed by atoms with Crippen LogP contribution in [0.1, 0.15) is 38.8 Å². The number of hydrogen-bond donors (Lipinski definition) is 2. The molecule has 0 aromatic heterocycles. The molecule has 1 aromatic carbocycles. The van der Waals surface area contributed by atoms with Gasteiger partial charge in [0.15, 0.2) is 5.96 Å². The second-order valence-electron chi connectivity index (χ2n) is 5.01. The Morgan fingerprint density at radius 3 is 2.14 bits per heavy atom. The maximum absolute atomic E-state index is 4.61. The molecule has 1 aromatic rings. The van der Waals surface area contributed by atoms with Crippen LogP contribution in [0.25, 0.3) is 0 Å². The molecule has 5 heteroatoms. The van der Waals surface area contributed by atoms with Crippen LogP contribution in [0.3, 0.4) is 0 Å². The monoisotopic (exact) mass is 418 g/mol. The highest BCUT2D eigenvalue weighted by Gasteiger charge is 2.02. The van der Waals surface area contributed by atoms with E-state index in [1.54, 1.807) is 0 Å². The van der Waals surface area contributed by atoms with Crippen LogP contribution in [0, 0.1) is 0 Å². The van der Waals surface area contributed by atoms with E-state index in [2.05, 4.69) is 72.5 Å². The molecule has 0 unspecified atom stereocenters. The number of hydrogen-bond acceptors (Lipinski definition) is 2. The number of nitrogens with one attached hydrogen (secondary N) is 2. The molecule has 0 fully saturated rings. The van der Waals surface area contributed by atoms with Gasteiger partial charge in [-0.1, -0.05) is 38.1 Å². The molecule has 0 amide bonds. The lowest BCUT2D eigenvalue weighted by Gasteiger charge is -2.18. The van der Waals surface area contributed by atoms with Crippen molar-refractivity contribution in [2.75, 3.05) is 26.2 Å². The Kier molecular flexibility index (Phi) is 12.2. The predicted molar refractivity (Wildman–Crippen MR) is 107 cm³/mol. The topological polar surface area (TPSA) is 39.7 Å². The average Bonchev–Trinajstić information content (AvgIpc) is 2.51. The summed E-state index contributed by atoms with van der Waals surface area (Å²) in [4.78, 5) is 7.04. The van der Waals surface area contributed by atoms with Crippen LogP contribution < -0.4 is 10.6 Å². The van der Waals surface area contributed by atoms with Crippen LogP contribution in [0.2, 0.25) is 0 Å². The van der Waals surface area contributed by atoms with Gasteiger partial charge in [0.2, 0.25) is 0 Å². The molecular weight excluding hydrogens is 387 g/mol. The van der Waals surface area contributed by atoms with E-state index >= 15 is 0 Å². The fourth-order valence-electron chi connectivity index (χ4n) is 2.21. The van der Waals surface area contributed by atoms with Gasteiger partial charge in [-0.3, -0.25) is 4.90 Å². The van der Waals surface area contributed by atoms with Crippen LogP contribution in [0.15, 0.2) is 29.3 Å². The van der Waals surface area contributed by atoms with E-state index in [1.807, 2.05) is 0 Å². The van der Waals surface area contributed by atoms with E-state index < -0.39 is 0 Å². The fraction of sp³-hybridized carbons (Fsp3) is 0.588. The lowest BCUT2D eigenvalue weighted by Crippen LogP contribution is -2.36. The first-order valence-corrected chi connectivity index (χ1v) is 8.05. The summed E-state index contributed by atoms with van der Waals surface area (Å²) in [5.74, 6) is 0.883. The maximum atomic E-state index is 4.61. The zero-order valence-corrected chi connectivity index (χ0v) is 16.7. The molecule has 2 N–H and O–H groups in total. The Morgan fingerprint density at radius 1 is 1.00 bits per heavy atom. The van der Waals surface area contributed by atoms with Gasteiger partial charge in [0, 0.05) is 19.6 Å². The minimum Gasteiger partial charge on any atom is -0.357 e. The van der Waals surface area contributed by atoms with Crippen LogP contribution in [-0.2, 0) is 13.1 Å². The van der Waals surface area contributed by atoms with Gasteiger partial charge in [-0.15, -0.1) is 24.0 Å². The summed E-state index contributed by atoms with van der Waals surface area (Å²) in [6.45, 7) is 14.2. The summed E-state index contributed by atoms with van der Waals surface area (Å²) in [6.07, 6.45) is 0. The summed E-state index contributed by atoms with van der Waals surface area (Å²) in [5.41, 5.74) is 2.62. The van der Waals surface area contributed by atoms with Gasteiger partial charge in [-0.2, -0.15) is 0 Å². The van der Waals surface area contributed by atoms with Gasteiger partial charge < -0.3 is 10.6 Å². The molecule has 0 heterocycles. The summed E-state index contributed by atoms with van der Waals surface area (Å²) in [5, 5.41) is 6.50. The second-order valence-corrected chi connectivity index (χ2v) is 5.01. The lowest BCUT2D eigenvalue weighted by molar-refractivity contribution is 0.296. The van der Waals surface area contributed by atoms with Crippen LogP contribution in [-0.4, -0.2) is 37.0 Å². The van der Waals surface area contributed by atoms with E-state index in [4.69, 9.17) is 0 Å². The third kappa shape index (κ3) is 7.98. The van der Waals surface area contributed by atoms with Crippen LogP contribution >= 0.6 is 24.0 Å². The van der Waals surface area contributed by atoms with Crippen molar-refractivity contribution in [1.29, 1.82) is 0 Å². The molecule has 0 saturated carbocycles. The molecule has 0 aliphatic carbocycles. The van der Waals surface area contributed by atoms with Gasteiger partial charge in [0.25, 0.3) is 0 Å². The number of halogens is 1. The molecule has 4 nitrogen and oxygen atoms in total. The molecule has 0 bridgehead atoms. The number of aliphatic imine (C=N–C) groups is 1. The molecule has 1 rings (SSSR count). The van der Waals surface area contributed by atoms with Crippen molar-refractivity contribution in [1.82, 2.24) is 15.5 Å². The molecule has 0 saturated heterocycles. The Morgan fingerprint density at radius 2 is 1.59 bits per heavy atom. The Labute approximate surface area is 152 Å². The maximum Gasteiger partial charge on any atom is 0.191 e. The van der Waals surface area contributed by atoms with Crippen LogP contribution in [0.4, 0.5) is 0 Å². The van der Waals surface area contributed by atoms with Gasteiger partial charge in [-0.05, 0) is 38.1 Å².